The highest BCUT2D eigenvalue weighted by Crippen LogP contribution is 2.26. The highest BCUT2D eigenvalue weighted by molar-refractivity contribution is 5.70. The van der Waals surface area contributed by atoms with E-state index in [1.807, 2.05) is 12.2 Å². The average Bonchev–Trinajstić information content (AvgIpc) is 3.31. The summed E-state index contributed by atoms with van der Waals surface area (Å²) < 4.78 is 33.4. The number of esters is 2. The molecule has 2 aliphatic heterocycles. The fourth-order valence-corrected chi connectivity index (χ4v) is 7.32. The van der Waals surface area contributed by atoms with E-state index in [0.29, 0.717) is 19.3 Å². The summed E-state index contributed by atoms with van der Waals surface area (Å²) in [4.78, 5) is 25.7. The van der Waals surface area contributed by atoms with E-state index in [9.17, 15) is 45.3 Å². The molecule has 0 aromatic carbocycles. The average molecular weight is 939 g/mol. The first-order valence-corrected chi connectivity index (χ1v) is 24.9. The standard InChI is InChI=1S/C51H86O15/c1-3-5-7-9-11-13-15-17-18-19-20-22-24-26-28-30-32-34-43(54)64-39(36-61-42(53)33-31-29-27-25-23-21-16-14-12-10-8-6-4-2)37-62-50-49(60)47(58)45(56)41(66-50)38-63-51-48(59)46(57)44(55)40(35-52)65-51/h11,13,17-18,20-23,26,28,39-41,44-52,55-60H,3-10,12,14-16,19,24-25,27,29-38H2,1-2H3/b13-11+,18-17+,22-20+,23-21+,28-26+/t39-,40+,41+,44-,45-,46?,47?,48?,49?,50+,51+/m1/s1. The molecule has 0 aromatic rings. The maximum absolute atomic E-state index is 13.0. The van der Waals surface area contributed by atoms with Crippen molar-refractivity contribution in [3.05, 3.63) is 60.8 Å². The first kappa shape index (κ1) is 59.3. The predicted octanol–water partition coefficient (Wildman–Crippen LogP) is 6.49. The minimum Gasteiger partial charge on any atom is -0.462 e. The first-order chi connectivity index (χ1) is 32.0. The molecular formula is C51H86O15. The summed E-state index contributed by atoms with van der Waals surface area (Å²) in [6, 6.07) is 0. The monoisotopic (exact) mass is 939 g/mol. The summed E-state index contributed by atoms with van der Waals surface area (Å²) >= 11 is 0. The van der Waals surface area contributed by atoms with Crippen molar-refractivity contribution in [2.75, 3.05) is 26.4 Å². The third-order valence-electron chi connectivity index (χ3n) is 11.5. The quantitative estimate of drug-likeness (QED) is 0.0201. The van der Waals surface area contributed by atoms with Crippen LogP contribution in [0.4, 0.5) is 0 Å². The fraction of sp³-hybridized carbons (Fsp3) is 0.765. The van der Waals surface area contributed by atoms with Gasteiger partial charge in [-0.1, -0.05) is 126 Å². The lowest BCUT2D eigenvalue weighted by atomic mass is 9.98. The van der Waals surface area contributed by atoms with Crippen molar-refractivity contribution in [2.24, 2.45) is 0 Å². The lowest BCUT2D eigenvalue weighted by Gasteiger charge is -2.42. The minimum absolute atomic E-state index is 0.0840. The number of rotatable bonds is 37. The molecule has 2 fully saturated rings. The molecule has 11 atom stereocenters. The Balaban J connectivity index is 1.87. The number of hydrogen-bond donors (Lipinski definition) is 7. The second-order valence-corrected chi connectivity index (χ2v) is 17.3. The third kappa shape index (κ3) is 26.1. The molecule has 15 heteroatoms. The molecule has 2 aliphatic rings. The Bertz CT molecular complexity index is 1380. The molecule has 2 rings (SSSR count). The zero-order chi connectivity index (χ0) is 48.2. The van der Waals surface area contributed by atoms with E-state index in [1.54, 1.807) is 0 Å². The van der Waals surface area contributed by atoms with Gasteiger partial charge in [0.05, 0.1) is 19.8 Å². The molecule has 15 nitrogen and oxygen atoms in total. The number of ether oxygens (including phenoxy) is 6. The Kier molecular flexibility index (Phi) is 34.2. The Morgan fingerprint density at radius 1 is 0.485 bits per heavy atom. The van der Waals surface area contributed by atoms with Crippen LogP contribution in [0, 0.1) is 0 Å². The van der Waals surface area contributed by atoms with Gasteiger partial charge in [0.25, 0.3) is 0 Å². The lowest BCUT2D eigenvalue weighted by Crippen LogP contribution is -2.61. The number of carbonyl (C=O) groups excluding carboxylic acids is 2. The molecule has 0 spiro atoms. The van der Waals surface area contributed by atoms with Gasteiger partial charge in [-0.3, -0.25) is 9.59 Å². The van der Waals surface area contributed by atoms with Gasteiger partial charge in [0.15, 0.2) is 18.7 Å². The van der Waals surface area contributed by atoms with Crippen LogP contribution in [0.5, 0.6) is 0 Å². The number of carbonyl (C=O) groups is 2. The maximum atomic E-state index is 13.0. The summed E-state index contributed by atoms with van der Waals surface area (Å²) in [6.07, 6.45) is 25.5. The second kappa shape index (κ2) is 38.1. The summed E-state index contributed by atoms with van der Waals surface area (Å²) in [6.45, 7) is 2.46. The van der Waals surface area contributed by atoms with E-state index in [-0.39, 0.29) is 19.4 Å². The highest BCUT2D eigenvalue weighted by Gasteiger charge is 2.47. The Morgan fingerprint density at radius 2 is 0.924 bits per heavy atom. The minimum atomic E-state index is -1.78. The van der Waals surface area contributed by atoms with Crippen LogP contribution in [0.3, 0.4) is 0 Å². The van der Waals surface area contributed by atoms with E-state index in [2.05, 4.69) is 62.5 Å². The van der Waals surface area contributed by atoms with Gasteiger partial charge < -0.3 is 64.2 Å². The van der Waals surface area contributed by atoms with E-state index < -0.39 is 99.3 Å². The summed E-state index contributed by atoms with van der Waals surface area (Å²) in [5, 5.41) is 72.0. The van der Waals surface area contributed by atoms with Crippen molar-refractivity contribution in [1.29, 1.82) is 0 Å². The summed E-state index contributed by atoms with van der Waals surface area (Å²) in [5.74, 6) is -1.01. The van der Waals surface area contributed by atoms with Crippen molar-refractivity contribution >= 4 is 11.9 Å². The molecule has 0 saturated carbocycles. The molecule has 0 aliphatic carbocycles. The molecule has 66 heavy (non-hydrogen) atoms. The molecule has 4 unspecified atom stereocenters. The van der Waals surface area contributed by atoms with Gasteiger partial charge in [-0.2, -0.15) is 0 Å². The fourth-order valence-electron chi connectivity index (χ4n) is 7.32. The zero-order valence-electron chi connectivity index (χ0n) is 39.9. The first-order valence-electron chi connectivity index (χ1n) is 24.9. The van der Waals surface area contributed by atoms with E-state index >= 15 is 0 Å². The predicted molar refractivity (Wildman–Crippen MR) is 252 cm³/mol. The Labute approximate surface area is 394 Å². The van der Waals surface area contributed by atoms with Gasteiger partial charge in [0, 0.05) is 12.8 Å². The molecule has 0 radical (unpaired) electrons. The summed E-state index contributed by atoms with van der Waals surface area (Å²) in [5.41, 5.74) is 0. The number of hydrogen-bond acceptors (Lipinski definition) is 15. The van der Waals surface area contributed by atoms with Gasteiger partial charge in [-0.25, -0.2) is 0 Å². The van der Waals surface area contributed by atoms with Crippen molar-refractivity contribution in [3.8, 4) is 0 Å². The molecule has 0 aromatic heterocycles. The molecule has 2 heterocycles. The van der Waals surface area contributed by atoms with Crippen molar-refractivity contribution in [1.82, 2.24) is 0 Å². The van der Waals surface area contributed by atoms with Crippen LogP contribution in [0.15, 0.2) is 60.8 Å². The topological polar surface area (TPSA) is 231 Å². The van der Waals surface area contributed by atoms with Crippen LogP contribution in [-0.2, 0) is 38.0 Å². The summed E-state index contributed by atoms with van der Waals surface area (Å²) in [7, 11) is 0. The number of aliphatic hydroxyl groups excluding tert-OH is 7. The van der Waals surface area contributed by atoms with Crippen LogP contribution in [-0.4, -0.2) is 142 Å². The van der Waals surface area contributed by atoms with Gasteiger partial charge in [-0.05, 0) is 77.0 Å². The van der Waals surface area contributed by atoms with Crippen molar-refractivity contribution in [2.45, 2.75) is 223 Å². The van der Waals surface area contributed by atoms with Crippen LogP contribution in [0.1, 0.15) is 155 Å². The molecule has 7 N–H and O–H groups in total. The van der Waals surface area contributed by atoms with E-state index in [4.69, 9.17) is 28.4 Å². The second-order valence-electron chi connectivity index (χ2n) is 17.3. The number of aliphatic hydroxyl groups is 7. The Morgan fingerprint density at radius 3 is 1.52 bits per heavy atom. The molecule has 0 amide bonds. The van der Waals surface area contributed by atoms with E-state index in [0.717, 1.165) is 51.4 Å². The zero-order valence-corrected chi connectivity index (χ0v) is 39.9. The SMILES string of the molecule is CCCCC/C=C/C/C=C/C/C=C/C/C=C/CCCC(=O)O[C@H](COC(=O)CCCCC/C=C/CCCCCCCC)CO[C@H]1O[C@@H](CO[C@H]2O[C@@H](CO)[C@@H](O)C(O)C2O)[C@@H](O)C(O)C1O. The molecular weight excluding hydrogens is 853 g/mol. The molecule has 2 saturated heterocycles. The van der Waals surface area contributed by atoms with Crippen molar-refractivity contribution in [3.63, 3.8) is 0 Å². The van der Waals surface area contributed by atoms with E-state index in [1.165, 1.54) is 57.8 Å². The van der Waals surface area contributed by atoms with Crippen LogP contribution in [0.2, 0.25) is 0 Å². The third-order valence-corrected chi connectivity index (χ3v) is 11.5. The van der Waals surface area contributed by atoms with Gasteiger partial charge in [-0.15, -0.1) is 0 Å². The van der Waals surface area contributed by atoms with Gasteiger partial charge >= 0.3 is 11.9 Å². The lowest BCUT2D eigenvalue weighted by molar-refractivity contribution is -0.332. The van der Waals surface area contributed by atoms with Crippen LogP contribution in [0.25, 0.3) is 0 Å². The number of allylic oxidation sites excluding steroid dienone is 10. The maximum Gasteiger partial charge on any atom is 0.306 e. The molecule has 380 valence electrons. The van der Waals surface area contributed by atoms with Crippen LogP contribution >= 0.6 is 0 Å². The van der Waals surface area contributed by atoms with Gasteiger partial charge in [0.2, 0.25) is 0 Å². The smallest absolute Gasteiger partial charge is 0.306 e. The largest absolute Gasteiger partial charge is 0.462 e. The van der Waals surface area contributed by atoms with Gasteiger partial charge in [0.1, 0.15) is 55.4 Å². The molecule has 0 bridgehead atoms. The normalized spacial score (nSPS) is 26.7. The Hall–Kier alpha value is -2.80. The number of unbranched alkanes of at least 4 members (excludes halogenated alkanes) is 13. The highest BCUT2D eigenvalue weighted by atomic mass is 16.7. The van der Waals surface area contributed by atoms with Crippen molar-refractivity contribution < 1.29 is 73.8 Å². The van der Waals surface area contributed by atoms with Crippen LogP contribution < -0.4 is 0 Å².